The fourth-order valence-electron chi connectivity index (χ4n) is 3.01. The van der Waals surface area contributed by atoms with Crippen LogP contribution in [0.25, 0.3) is 0 Å². The molecule has 2 fully saturated rings. The molecule has 0 spiro atoms. The largest absolute Gasteiger partial charge is 0.378 e. The summed E-state index contributed by atoms with van der Waals surface area (Å²) in [6, 6.07) is 0.806. The third kappa shape index (κ3) is 3.61. The van der Waals surface area contributed by atoms with E-state index in [0.717, 1.165) is 18.5 Å². The summed E-state index contributed by atoms with van der Waals surface area (Å²) in [6.07, 6.45) is 9.53. The smallest absolute Gasteiger partial charge is 0.0588 e. The van der Waals surface area contributed by atoms with Crippen molar-refractivity contribution in [1.29, 1.82) is 0 Å². The molecule has 0 aromatic carbocycles. The molecule has 0 amide bonds. The van der Waals surface area contributed by atoms with E-state index in [1.54, 1.807) is 0 Å². The van der Waals surface area contributed by atoms with Gasteiger partial charge in [-0.1, -0.05) is 0 Å². The summed E-state index contributed by atoms with van der Waals surface area (Å²) in [5.74, 6) is 0.816. The molecule has 94 valence electrons. The maximum absolute atomic E-state index is 5.77. The van der Waals surface area contributed by atoms with E-state index >= 15 is 0 Å². The molecule has 2 nitrogen and oxygen atoms in total. The van der Waals surface area contributed by atoms with Crippen LogP contribution in [0.3, 0.4) is 0 Å². The summed E-state index contributed by atoms with van der Waals surface area (Å²) in [5, 5.41) is 0. The van der Waals surface area contributed by atoms with Crippen molar-refractivity contribution in [2.45, 2.75) is 57.1 Å². The van der Waals surface area contributed by atoms with E-state index in [2.05, 4.69) is 4.90 Å². The van der Waals surface area contributed by atoms with Crippen LogP contribution in [0.4, 0.5) is 0 Å². The molecule has 0 N–H and O–H groups in total. The molecular weight excluding hydrogens is 222 g/mol. The molecule has 2 atom stereocenters. The Labute approximate surface area is 104 Å². The number of alkyl halides is 1. The van der Waals surface area contributed by atoms with Gasteiger partial charge < -0.3 is 9.64 Å². The van der Waals surface area contributed by atoms with Gasteiger partial charge in [-0.05, 0) is 51.5 Å². The normalized spacial score (nSPS) is 31.3. The molecule has 0 aromatic rings. The predicted molar refractivity (Wildman–Crippen MR) is 68.1 cm³/mol. The van der Waals surface area contributed by atoms with Crippen molar-refractivity contribution < 1.29 is 4.74 Å². The van der Waals surface area contributed by atoms with Gasteiger partial charge in [0.05, 0.1) is 6.10 Å². The fraction of sp³-hybridized carbons (Fsp3) is 1.00. The Kier molecular flexibility index (Phi) is 5.40. The van der Waals surface area contributed by atoms with E-state index in [1.165, 1.54) is 58.0 Å². The fourth-order valence-corrected chi connectivity index (χ4v) is 3.17. The van der Waals surface area contributed by atoms with E-state index in [4.69, 9.17) is 16.3 Å². The summed E-state index contributed by atoms with van der Waals surface area (Å²) in [5.41, 5.74) is 0. The zero-order valence-corrected chi connectivity index (χ0v) is 10.9. The quantitative estimate of drug-likeness (QED) is 0.667. The lowest BCUT2D eigenvalue weighted by Gasteiger charge is -2.25. The summed E-state index contributed by atoms with van der Waals surface area (Å²) in [4.78, 5) is 2.66. The maximum Gasteiger partial charge on any atom is 0.0588 e. The van der Waals surface area contributed by atoms with Gasteiger partial charge in [-0.3, -0.25) is 0 Å². The molecule has 2 aliphatic heterocycles. The van der Waals surface area contributed by atoms with E-state index in [-0.39, 0.29) is 0 Å². The topological polar surface area (TPSA) is 12.5 Å². The average Bonchev–Trinajstić information content (AvgIpc) is 2.94. The molecule has 0 bridgehead atoms. The van der Waals surface area contributed by atoms with Crippen molar-refractivity contribution in [3.63, 3.8) is 0 Å². The number of ether oxygens (including phenoxy) is 1. The van der Waals surface area contributed by atoms with E-state index < -0.39 is 0 Å². The first-order valence-corrected chi connectivity index (χ1v) is 7.35. The second-order valence-corrected chi connectivity index (χ2v) is 5.46. The minimum atomic E-state index is 0.550. The molecule has 0 saturated carbocycles. The Bertz CT molecular complexity index is 194. The maximum atomic E-state index is 5.77. The molecule has 2 heterocycles. The van der Waals surface area contributed by atoms with Gasteiger partial charge in [-0.2, -0.15) is 0 Å². The molecule has 3 heteroatoms. The molecule has 16 heavy (non-hydrogen) atoms. The highest BCUT2D eigenvalue weighted by Gasteiger charge is 2.25. The Morgan fingerprint density at radius 3 is 2.88 bits per heavy atom. The SMILES string of the molecule is ClCCCC1CCCN1CCC1CCCO1. The zero-order chi connectivity index (χ0) is 11.2. The van der Waals surface area contributed by atoms with Gasteiger partial charge >= 0.3 is 0 Å². The molecule has 0 aliphatic carbocycles. The molecule has 2 unspecified atom stereocenters. The highest BCUT2D eigenvalue weighted by atomic mass is 35.5. The number of nitrogens with zero attached hydrogens (tertiary/aromatic N) is 1. The molecular formula is C13H24ClNO. The van der Waals surface area contributed by atoms with Crippen molar-refractivity contribution in [3.8, 4) is 0 Å². The van der Waals surface area contributed by atoms with Crippen LogP contribution >= 0.6 is 11.6 Å². The van der Waals surface area contributed by atoms with Crippen molar-refractivity contribution in [3.05, 3.63) is 0 Å². The van der Waals surface area contributed by atoms with Crippen LogP contribution in [0, 0.1) is 0 Å². The monoisotopic (exact) mass is 245 g/mol. The molecule has 2 rings (SSSR count). The van der Waals surface area contributed by atoms with E-state index in [9.17, 15) is 0 Å². The standard InChI is InChI=1S/C13H24ClNO/c14-8-1-4-12-5-2-9-15(12)10-7-13-6-3-11-16-13/h12-13H,1-11H2. The van der Waals surface area contributed by atoms with Crippen molar-refractivity contribution in [2.24, 2.45) is 0 Å². The van der Waals surface area contributed by atoms with Crippen molar-refractivity contribution in [2.75, 3.05) is 25.6 Å². The van der Waals surface area contributed by atoms with Gasteiger partial charge in [0.2, 0.25) is 0 Å². The second-order valence-electron chi connectivity index (χ2n) is 5.09. The highest BCUT2D eigenvalue weighted by Crippen LogP contribution is 2.23. The number of rotatable bonds is 6. The van der Waals surface area contributed by atoms with Gasteiger partial charge in [0, 0.05) is 25.1 Å². The zero-order valence-electron chi connectivity index (χ0n) is 10.2. The van der Waals surface area contributed by atoms with Gasteiger partial charge in [-0.25, -0.2) is 0 Å². The highest BCUT2D eigenvalue weighted by molar-refractivity contribution is 6.17. The Morgan fingerprint density at radius 1 is 1.19 bits per heavy atom. The minimum Gasteiger partial charge on any atom is -0.378 e. The summed E-state index contributed by atoms with van der Waals surface area (Å²) >= 11 is 5.77. The molecule has 0 aromatic heterocycles. The number of hydrogen-bond acceptors (Lipinski definition) is 2. The van der Waals surface area contributed by atoms with Crippen molar-refractivity contribution >= 4 is 11.6 Å². The summed E-state index contributed by atoms with van der Waals surface area (Å²) < 4.78 is 5.68. The van der Waals surface area contributed by atoms with Crippen LogP contribution in [0.2, 0.25) is 0 Å². The lowest BCUT2D eigenvalue weighted by molar-refractivity contribution is 0.0895. The first kappa shape index (κ1) is 12.7. The van der Waals surface area contributed by atoms with Gasteiger partial charge in [-0.15, -0.1) is 11.6 Å². The van der Waals surface area contributed by atoms with Crippen LogP contribution in [-0.4, -0.2) is 42.6 Å². The lowest BCUT2D eigenvalue weighted by atomic mass is 10.1. The molecule has 2 aliphatic rings. The first-order chi connectivity index (χ1) is 7.90. The minimum absolute atomic E-state index is 0.550. The van der Waals surface area contributed by atoms with Crippen LogP contribution in [0.1, 0.15) is 44.9 Å². The second kappa shape index (κ2) is 6.83. The molecule has 2 saturated heterocycles. The Balaban J connectivity index is 1.66. The third-order valence-corrected chi connectivity index (χ3v) is 4.20. The van der Waals surface area contributed by atoms with Crippen LogP contribution in [0.15, 0.2) is 0 Å². The van der Waals surface area contributed by atoms with E-state index in [0.29, 0.717) is 6.10 Å². The van der Waals surface area contributed by atoms with Gasteiger partial charge in [0.25, 0.3) is 0 Å². The lowest BCUT2D eigenvalue weighted by Crippen LogP contribution is -2.32. The Morgan fingerprint density at radius 2 is 2.12 bits per heavy atom. The predicted octanol–water partition coefficient (Wildman–Crippen LogP) is 3.04. The number of hydrogen-bond donors (Lipinski definition) is 0. The average molecular weight is 246 g/mol. The summed E-state index contributed by atoms with van der Waals surface area (Å²) in [6.45, 7) is 3.51. The van der Waals surface area contributed by atoms with Gasteiger partial charge in [0.1, 0.15) is 0 Å². The van der Waals surface area contributed by atoms with Crippen molar-refractivity contribution in [1.82, 2.24) is 4.90 Å². The first-order valence-electron chi connectivity index (χ1n) is 6.82. The summed E-state index contributed by atoms with van der Waals surface area (Å²) in [7, 11) is 0. The molecule has 0 radical (unpaired) electrons. The van der Waals surface area contributed by atoms with E-state index in [1.807, 2.05) is 0 Å². The Hall–Kier alpha value is 0.210. The van der Waals surface area contributed by atoms with Gasteiger partial charge in [0.15, 0.2) is 0 Å². The van der Waals surface area contributed by atoms with Crippen LogP contribution < -0.4 is 0 Å². The van der Waals surface area contributed by atoms with Crippen LogP contribution in [-0.2, 0) is 4.74 Å². The number of likely N-dealkylation sites (tertiary alicyclic amines) is 1. The third-order valence-electron chi connectivity index (χ3n) is 3.93. The van der Waals surface area contributed by atoms with Crippen LogP contribution in [0.5, 0.6) is 0 Å². The number of halogens is 1.